The van der Waals surface area contributed by atoms with Crippen molar-refractivity contribution in [1.29, 1.82) is 0 Å². The third-order valence-corrected chi connectivity index (χ3v) is 3.15. The van der Waals surface area contributed by atoms with Gasteiger partial charge in [0.05, 0.1) is 0 Å². The van der Waals surface area contributed by atoms with Gasteiger partial charge in [0.15, 0.2) is 0 Å². The zero-order valence-electron chi connectivity index (χ0n) is 7.86. The fraction of sp³-hybridized carbons (Fsp3) is 0.500. The van der Waals surface area contributed by atoms with Gasteiger partial charge in [-0.3, -0.25) is 0 Å². The molecule has 4 heteroatoms. The van der Waals surface area contributed by atoms with Gasteiger partial charge in [0.2, 0.25) is 0 Å². The molecule has 14 heavy (non-hydrogen) atoms. The Morgan fingerprint density at radius 3 is 2.71 bits per heavy atom. The van der Waals surface area contributed by atoms with Crippen LogP contribution in [-0.2, 0) is 0 Å². The average Bonchev–Trinajstić information content (AvgIpc) is 2.99. The fourth-order valence-corrected chi connectivity index (χ4v) is 2.00. The molecule has 1 heterocycles. The first kappa shape index (κ1) is 10.1. The summed E-state index contributed by atoms with van der Waals surface area (Å²) in [6.07, 6.45) is 4.20. The van der Waals surface area contributed by atoms with Crippen LogP contribution in [0.15, 0.2) is 22.9 Å². The Morgan fingerprint density at radius 2 is 2.14 bits per heavy atom. The van der Waals surface area contributed by atoms with E-state index in [9.17, 15) is 0 Å². The number of nitrogens with zero attached hydrogens (tertiary/aromatic N) is 1. The minimum atomic E-state index is -0.0678. The normalized spacial score (nSPS) is 20.5. The zero-order chi connectivity index (χ0) is 10.1. The first-order chi connectivity index (χ1) is 6.68. The second-order valence-electron chi connectivity index (χ2n) is 3.85. The summed E-state index contributed by atoms with van der Waals surface area (Å²) in [4.78, 5) is 4.06. The van der Waals surface area contributed by atoms with Crippen molar-refractivity contribution in [3.8, 4) is 0 Å². The molecular formula is C10H14BrN3. The van der Waals surface area contributed by atoms with Crippen LogP contribution in [0.4, 0.5) is 0 Å². The quantitative estimate of drug-likeness (QED) is 0.807. The monoisotopic (exact) mass is 255 g/mol. The van der Waals surface area contributed by atoms with Crippen molar-refractivity contribution in [2.45, 2.75) is 24.9 Å². The maximum absolute atomic E-state index is 6.07. The molecule has 1 aliphatic rings. The molecule has 0 saturated heterocycles. The fourth-order valence-electron chi connectivity index (χ4n) is 1.62. The SMILES string of the molecule is N[C@@H](c1ccnc(Br)c1)[C@@H](N)C1CC1. The highest BCUT2D eigenvalue weighted by atomic mass is 79.9. The second kappa shape index (κ2) is 3.96. The molecule has 1 aliphatic carbocycles. The smallest absolute Gasteiger partial charge is 0.106 e. The Kier molecular flexibility index (Phi) is 2.85. The summed E-state index contributed by atoms with van der Waals surface area (Å²) in [5.41, 5.74) is 13.2. The van der Waals surface area contributed by atoms with E-state index >= 15 is 0 Å². The van der Waals surface area contributed by atoms with E-state index in [0.29, 0.717) is 5.92 Å². The standard InChI is InChI=1S/C10H14BrN3/c11-8-5-7(3-4-14-8)10(13)9(12)6-1-2-6/h3-6,9-10H,1-2,12-13H2/t9-,10-/m0/s1. The molecule has 3 nitrogen and oxygen atoms in total. The van der Waals surface area contributed by atoms with Crippen LogP contribution in [0.1, 0.15) is 24.4 Å². The van der Waals surface area contributed by atoms with Crippen molar-refractivity contribution in [1.82, 2.24) is 4.98 Å². The molecule has 0 radical (unpaired) electrons. The Morgan fingerprint density at radius 1 is 1.43 bits per heavy atom. The van der Waals surface area contributed by atoms with Crippen molar-refractivity contribution in [3.05, 3.63) is 28.5 Å². The van der Waals surface area contributed by atoms with Crippen molar-refractivity contribution >= 4 is 15.9 Å². The molecule has 0 bridgehead atoms. The van der Waals surface area contributed by atoms with Gasteiger partial charge in [0.1, 0.15) is 4.60 Å². The van der Waals surface area contributed by atoms with E-state index in [1.54, 1.807) is 6.20 Å². The lowest BCUT2D eigenvalue weighted by molar-refractivity contribution is 0.493. The molecule has 2 atom stereocenters. The van der Waals surface area contributed by atoms with E-state index in [0.717, 1.165) is 10.2 Å². The summed E-state index contributed by atoms with van der Waals surface area (Å²) in [6, 6.07) is 3.89. The molecular weight excluding hydrogens is 242 g/mol. The number of rotatable bonds is 3. The van der Waals surface area contributed by atoms with Gasteiger partial charge in [-0.05, 0) is 52.4 Å². The lowest BCUT2D eigenvalue weighted by Gasteiger charge is -2.19. The van der Waals surface area contributed by atoms with E-state index in [1.807, 2.05) is 12.1 Å². The second-order valence-corrected chi connectivity index (χ2v) is 4.66. The minimum Gasteiger partial charge on any atom is -0.326 e. The van der Waals surface area contributed by atoms with Crippen LogP contribution in [0.3, 0.4) is 0 Å². The summed E-state index contributed by atoms with van der Waals surface area (Å²) < 4.78 is 0.813. The zero-order valence-corrected chi connectivity index (χ0v) is 9.44. The van der Waals surface area contributed by atoms with Crippen LogP contribution in [0.2, 0.25) is 0 Å². The van der Waals surface area contributed by atoms with Crippen molar-refractivity contribution in [3.63, 3.8) is 0 Å². The summed E-state index contributed by atoms with van der Waals surface area (Å²) in [5, 5.41) is 0. The van der Waals surface area contributed by atoms with Gasteiger partial charge in [-0.15, -0.1) is 0 Å². The van der Waals surface area contributed by atoms with Gasteiger partial charge in [0.25, 0.3) is 0 Å². The average molecular weight is 256 g/mol. The highest BCUT2D eigenvalue weighted by Crippen LogP contribution is 2.36. The Balaban J connectivity index is 2.13. The Hall–Kier alpha value is -0.450. The third-order valence-electron chi connectivity index (χ3n) is 2.72. The van der Waals surface area contributed by atoms with Crippen LogP contribution in [0.25, 0.3) is 0 Å². The highest BCUT2D eigenvalue weighted by Gasteiger charge is 2.32. The van der Waals surface area contributed by atoms with E-state index in [4.69, 9.17) is 11.5 Å². The number of halogens is 1. The molecule has 2 rings (SSSR count). The van der Waals surface area contributed by atoms with Gasteiger partial charge < -0.3 is 11.5 Å². The van der Waals surface area contributed by atoms with Crippen LogP contribution in [0, 0.1) is 5.92 Å². The van der Waals surface area contributed by atoms with Gasteiger partial charge >= 0.3 is 0 Å². The highest BCUT2D eigenvalue weighted by molar-refractivity contribution is 9.10. The molecule has 1 saturated carbocycles. The molecule has 1 fully saturated rings. The number of aromatic nitrogens is 1. The molecule has 0 aliphatic heterocycles. The maximum atomic E-state index is 6.07. The van der Waals surface area contributed by atoms with Crippen molar-refractivity contribution in [2.24, 2.45) is 17.4 Å². The van der Waals surface area contributed by atoms with Crippen LogP contribution < -0.4 is 11.5 Å². The molecule has 1 aromatic heterocycles. The summed E-state index contributed by atoms with van der Waals surface area (Å²) in [7, 11) is 0. The number of nitrogens with two attached hydrogens (primary N) is 2. The summed E-state index contributed by atoms with van der Waals surface area (Å²) >= 11 is 3.32. The van der Waals surface area contributed by atoms with Gasteiger partial charge in [-0.25, -0.2) is 4.98 Å². The van der Waals surface area contributed by atoms with Crippen molar-refractivity contribution < 1.29 is 0 Å². The molecule has 0 unspecified atom stereocenters. The number of hydrogen-bond acceptors (Lipinski definition) is 3. The minimum absolute atomic E-state index is 0.0678. The molecule has 76 valence electrons. The maximum Gasteiger partial charge on any atom is 0.106 e. The number of pyridine rings is 1. The van der Waals surface area contributed by atoms with Crippen LogP contribution in [0.5, 0.6) is 0 Å². The van der Waals surface area contributed by atoms with E-state index < -0.39 is 0 Å². The predicted molar refractivity (Wildman–Crippen MR) is 59.6 cm³/mol. The van der Waals surface area contributed by atoms with E-state index in [2.05, 4.69) is 20.9 Å². The lowest BCUT2D eigenvalue weighted by Crippen LogP contribution is -2.35. The van der Waals surface area contributed by atoms with Gasteiger partial charge in [0, 0.05) is 18.3 Å². The van der Waals surface area contributed by atoms with Crippen molar-refractivity contribution in [2.75, 3.05) is 0 Å². The van der Waals surface area contributed by atoms with Crippen LogP contribution >= 0.6 is 15.9 Å². The molecule has 4 N–H and O–H groups in total. The van der Waals surface area contributed by atoms with Crippen LogP contribution in [-0.4, -0.2) is 11.0 Å². The van der Waals surface area contributed by atoms with E-state index in [-0.39, 0.29) is 12.1 Å². The van der Waals surface area contributed by atoms with Gasteiger partial charge in [-0.1, -0.05) is 0 Å². The molecule has 1 aromatic rings. The largest absolute Gasteiger partial charge is 0.326 e. The topological polar surface area (TPSA) is 64.9 Å². The third kappa shape index (κ3) is 2.13. The summed E-state index contributed by atoms with van der Waals surface area (Å²) in [6.45, 7) is 0. The molecule has 0 spiro atoms. The van der Waals surface area contributed by atoms with E-state index in [1.165, 1.54) is 12.8 Å². The Bertz CT molecular complexity index is 325. The lowest BCUT2D eigenvalue weighted by atomic mass is 9.98. The first-order valence-corrected chi connectivity index (χ1v) is 5.60. The predicted octanol–water partition coefficient (Wildman–Crippen LogP) is 1.58. The molecule has 0 amide bonds. The molecule has 0 aromatic carbocycles. The van der Waals surface area contributed by atoms with Gasteiger partial charge in [-0.2, -0.15) is 0 Å². The number of hydrogen-bond donors (Lipinski definition) is 2. The Labute approximate surface area is 92.0 Å². The first-order valence-electron chi connectivity index (χ1n) is 4.81. The summed E-state index contributed by atoms with van der Waals surface area (Å²) in [5.74, 6) is 0.622.